The van der Waals surface area contributed by atoms with Gasteiger partial charge in [0.15, 0.2) is 6.10 Å². The predicted molar refractivity (Wildman–Crippen MR) is 181 cm³/mol. The van der Waals surface area contributed by atoms with Crippen LogP contribution in [0, 0.1) is 5.92 Å². The molecule has 0 radical (unpaired) electrons. The molecule has 1 heterocycles. The lowest BCUT2D eigenvalue weighted by Gasteiger charge is -2.44. The van der Waals surface area contributed by atoms with Gasteiger partial charge in [0.1, 0.15) is 41.8 Å². The highest BCUT2D eigenvalue weighted by molar-refractivity contribution is 5.92. The normalized spacial score (nSPS) is 23.9. The molecule has 1 aromatic rings. The van der Waals surface area contributed by atoms with Crippen LogP contribution in [0.4, 0.5) is 0 Å². The smallest absolute Gasteiger partial charge is 0.339 e. The number of carboxylic acid groups (broad SMARTS) is 1. The number of aliphatic hydroxyl groups is 8. The van der Waals surface area contributed by atoms with E-state index >= 15 is 0 Å². The molecule has 10 N–H and O–H groups in total. The maximum absolute atomic E-state index is 12.5. The Morgan fingerprint density at radius 3 is 1.84 bits per heavy atom. The van der Waals surface area contributed by atoms with Crippen molar-refractivity contribution in [2.45, 2.75) is 158 Å². The number of rotatable bonds is 25. The van der Waals surface area contributed by atoms with Crippen molar-refractivity contribution >= 4 is 11.9 Å². The molecule has 50 heavy (non-hydrogen) atoms. The summed E-state index contributed by atoms with van der Waals surface area (Å²) in [4.78, 5) is 23.8. The molecule has 1 saturated heterocycles. The Kier molecular flexibility index (Phi) is 20.3. The van der Waals surface area contributed by atoms with Crippen molar-refractivity contribution in [1.82, 2.24) is 0 Å². The number of hydrogen-bond acceptors (Lipinski definition) is 13. The van der Waals surface area contributed by atoms with Crippen LogP contribution in [-0.4, -0.2) is 131 Å². The Morgan fingerprint density at radius 2 is 1.32 bits per heavy atom. The maximum atomic E-state index is 12.5. The molecule has 0 amide bonds. The third kappa shape index (κ3) is 13.6. The molecule has 10 atom stereocenters. The lowest BCUT2D eigenvalue weighted by atomic mass is 9.83. The van der Waals surface area contributed by atoms with Crippen LogP contribution < -0.4 is 0 Å². The average Bonchev–Trinajstić information content (AvgIpc) is 3.09. The number of phenols is 1. The highest BCUT2D eigenvalue weighted by Crippen LogP contribution is 2.29. The third-order valence-corrected chi connectivity index (χ3v) is 9.63. The number of esters is 1. The molecule has 0 bridgehead atoms. The van der Waals surface area contributed by atoms with Crippen molar-refractivity contribution in [2.75, 3.05) is 13.2 Å². The van der Waals surface area contributed by atoms with Crippen molar-refractivity contribution in [3.63, 3.8) is 0 Å². The summed E-state index contributed by atoms with van der Waals surface area (Å²) >= 11 is 0. The topological polar surface area (TPSA) is 255 Å². The van der Waals surface area contributed by atoms with Crippen LogP contribution in [0.5, 0.6) is 5.75 Å². The van der Waals surface area contributed by atoms with E-state index in [0.29, 0.717) is 18.4 Å². The molecule has 0 unspecified atom stereocenters. The van der Waals surface area contributed by atoms with Gasteiger partial charge in [-0.25, -0.2) is 9.59 Å². The second-order valence-corrected chi connectivity index (χ2v) is 13.6. The van der Waals surface area contributed by atoms with Gasteiger partial charge in [-0.15, -0.1) is 0 Å². The first-order chi connectivity index (χ1) is 23.8. The van der Waals surface area contributed by atoms with Gasteiger partial charge in [-0.1, -0.05) is 82.8 Å². The number of ether oxygens (including phenoxy) is 2. The van der Waals surface area contributed by atoms with Gasteiger partial charge in [0.25, 0.3) is 0 Å². The Hall–Kier alpha value is -2.40. The molecule has 14 nitrogen and oxygen atoms in total. The van der Waals surface area contributed by atoms with Gasteiger partial charge in [0.2, 0.25) is 0 Å². The van der Waals surface area contributed by atoms with Crippen LogP contribution in [0.25, 0.3) is 0 Å². The molecule has 1 aliphatic heterocycles. The zero-order valence-electron chi connectivity index (χ0n) is 29.1. The number of aliphatic hydroxyl groups excluding tert-OH is 8. The molecular weight excluding hydrogens is 656 g/mol. The lowest BCUT2D eigenvalue weighted by Crippen LogP contribution is -2.63. The van der Waals surface area contributed by atoms with Crippen LogP contribution in [-0.2, 0) is 20.7 Å². The van der Waals surface area contributed by atoms with Crippen LogP contribution in [0.3, 0.4) is 0 Å². The third-order valence-electron chi connectivity index (χ3n) is 9.63. The van der Waals surface area contributed by atoms with Crippen molar-refractivity contribution in [1.29, 1.82) is 0 Å². The number of carbonyl (C=O) groups excluding carboxylic acids is 1. The number of aromatic hydroxyl groups is 1. The summed E-state index contributed by atoms with van der Waals surface area (Å²) in [6, 6.07) is 4.83. The lowest BCUT2D eigenvalue weighted by molar-refractivity contribution is -0.256. The summed E-state index contributed by atoms with van der Waals surface area (Å²) in [6.07, 6.45) is 0.146. The van der Waals surface area contributed by atoms with Gasteiger partial charge in [-0.05, 0) is 44.2 Å². The minimum Gasteiger partial charge on any atom is -0.507 e. The summed E-state index contributed by atoms with van der Waals surface area (Å²) < 4.78 is 10.6. The van der Waals surface area contributed by atoms with Gasteiger partial charge >= 0.3 is 11.9 Å². The molecule has 0 spiro atoms. The quantitative estimate of drug-likeness (QED) is 0.0509. The van der Waals surface area contributed by atoms with E-state index in [1.165, 1.54) is 31.7 Å². The molecule has 1 aromatic carbocycles. The van der Waals surface area contributed by atoms with Crippen molar-refractivity contribution in [3.8, 4) is 5.75 Å². The Morgan fingerprint density at radius 1 is 0.780 bits per heavy atom. The molecule has 1 aliphatic rings. The Bertz CT molecular complexity index is 1120. The van der Waals surface area contributed by atoms with Crippen molar-refractivity contribution in [3.05, 3.63) is 29.3 Å². The fraction of sp³-hybridized carbons (Fsp3) is 0.778. The highest BCUT2D eigenvalue weighted by Gasteiger charge is 2.49. The predicted octanol–water partition coefficient (Wildman–Crippen LogP) is 1.56. The Labute approximate surface area is 294 Å². The number of carboxylic acids is 1. The van der Waals surface area contributed by atoms with E-state index in [0.717, 1.165) is 57.8 Å². The van der Waals surface area contributed by atoms with E-state index < -0.39 is 86.0 Å². The maximum Gasteiger partial charge on any atom is 0.339 e. The molecular formula is C36H60O14. The first-order valence-corrected chi connectivity index (χ1v) is 18.1. The summed E-state index contributed by atoms with van der Waals surface area (Å²) in [5, 5.41) is 100. The van der Waals surface area contributed by atoms with E-state index in [2.05, 4.69) is 0 Å². The van der Waals surface area contributed by atoms with Crippen LogP contribution in [0.1, 0.15) is 113 Å². The number of hydrogen-bond donors (Lipinski definition) is 10. The highest BCUT2D eigenvalue weighted by atomic mass is 16.6. The van der Waals surface area contributed by atoms with Gasteiger partial charge in [-0.2, -0.15) is 0 Å². The first-order valence-electron chi connectivity index (χ1n) is 18.1. The minimum absolute atomic E-state index is 0.00537. The van der Waals surface area contributed by atoms with Gasteiger partial charge in [-0.3, -0.25) is 0 Å². The molecule has 14 heteroatoms. The number of aromatic carboxylic acids is 1. The molecule has 0 aliphatic carbocycles. The number of benzene rings is 1. The minimum atomic E-state index is -2.17. The number of carbonyl (C=O) groups is 2. The molecule has 0 saturated carbocycles. The fourth-order valence-electron chi connectivity index (χ4n) is 6.53. The van der Waals surface area contributed by atoms with Gasteiger partial charge in [0.05, 0.1) is 31.5 Å². The first kappa shape index (κ1) is 43.8. The average molecular weight is 717 g/mol. The van der Waals surface area contributed by atoms with E-state index in [1.807, 2.05) is 0 Å². The zero-order chi connectivity index (χ0) is 37.2. The number of unbranched alkanes of at least 4 members (excludes halogenated alkanes) is 12. The van der Waals surface area contributed by atoms with E-state index in [4.69, 9.17) is 9.47 Å². The van der Waals surface area contributed by atoms with E-state index in [9.17, 15) is 60.7 Å². The van der Waals surface area contributed by atoms with Crippen molar-refractivity contribution < 1.29 is 70.1 Å². The van der Waals surface area contributed by atoms with Crippen LogP contribution in [0.2, 0.25) is 0 Å². The SMILES string of the molecule is C[C@H](CCCCCCCCCCCCCCCc1cccc(O)c1C(=O)O)OC(=O)[C@@H](O)[C@@H](O)[C@@H](O)[C@@H](CO)[C@H]1O[C@H](CO)[C@@H](O)[C@H](O)[C@@H]1O. The molecule has 0 aromatic heterocycles. The zero-order valence-corrected chi connectivity index (χ0v) is 29.1. The molecule has 2 rings (SSSR count). The largest absolute Gasteiger partial charge is 0.507 e. The Balaban J connectivity index is 1.53. The fourth-order valence-corrected chi connectivity index (χ4v) is 6.53. The number of aryl methyl sites for hydroxylation is 1. The monoisotopic (exact) mass is 716 g/mol. The second-order valence-electron chi connectivity index (χ2n) is 13.6. The summed E-state index contributed by atoms with van der Waals surface area (Å²) in [5.74, 6) is -3.95. The second kappa shape index (κ2) is 23.2. The van der Waals surface area contributed by atoms with E-state index in [1.54, 1.807) is 19.1 Å². The summed E-state index contributed by atoms with van der Waals surface area (Å²) in [6.45, 7) is 0.0338. The molecule has 288 valence electrons. The standard InChI is InChI=1S/C36H60O14/c1-22(49-36(48)33(45)30(42)28(40)24(20-37)34-32(44)31(43)29(41)26(21-38)50-34)16-13-11-9-7-5-3-2-4-6-8-10-12-14-17-23-18-15-19-25(39)27(23)35(46)47/h15,18-19,22,24,26,28-34,37-45H,2-14,16-17,20-21H2,1H3,(H,46,47)/t22-,24-,26-,28+,29-,30+,31+,32+,33+,34-/m1/s1. The van der Waals surface area contributed by atoms with Gasteiger partial charge < -0.3 is 60.5 Å². The van der Waals surface area contributed by atoms with Crippen LogP contribution >= 0.6 is 0 Å². The summed E-state index contributed by atoms with van der Waals surface area (Å²) in [7, 11) is 0. The van der Waals surface area contributed by atoms with E-state index in [-0.39, 0.29) is 11.3 Å². The van der Waals surface area contributed by atoms with Crippen molar-refractivity contribution in [2.24, 2.45) is 5.92 Å². The van der Waals surface area contributed by atoms with Gasteiger partial charge in [0, 0.05) is 5.92 Å². The van der Waals surface area contributed by atoms with Crippen LogP contribution in [0.15, 0.2) is 18.2 Å². The molecule has 1 fully saturated rings. The summed E-state index contributed by atoms with van der Waals surface area (Å²) in [5.41, 5.74) is 0.680.